The lowest BCUT2D eigenvalue weighted by Gasteiger charge is -2.11. The molecule has 1 N–H and O–H groups in total. The SMILES string of the molecule is CCC(CC)CNC(=O)/C=C/c1ccc2c(c1)OCO2. The molecule has 0 spiro atoms. The molecule has 1 aliphatic heterocycles. The summed E-state index contributed by atoms with van der Waals surface area (Å²) in [7, 11) is 0. The van der Waals surface area contributed by atoms with Crippen LogP contribution in [0.15, 0.2) is 24.3 Å². The summed E-state index contributed by atoms with van der Waals surface area (Å²) in [5.41, 5.74) is 0.923. The second-order valence-electron chi connectivity index (χ2n) is 4.87. The van der Waals surface area contributed by atoms with E-state index in [0.29, 0.717) is 5.92 Å². The summed E-state index contributed by atoms with van der Waals surface area (Å²) in [5, 5.41) is 2.93. The monoisotopic (exact) mass is 275 g/mol. The minimum Gasteiger partial charge on any atom is -0.454 e. The Morgan fingerprint density at radius 3 is 2.80 bits per heavy atom. The van der Waals surface area contributed by atoms with Crippen LogP contribution in [0.25, 0.3) is 6.08 Å². The first-order valence-corrected chi connectivity index (χ1v) is 7.08. The smallest absolute Gasteiger partial charge is 0.244 e. The maximum absolute atomic E-state index is 11.7. The zero-order valence-electron chi connectivity index (χ0n) is 12.0. The van der Waals surface area contributed by atoms with Crippen LogP contribution in [0.1, 0.15) is 32.3 Å². The van der Waals surface area contributed by atoms with Crippen molar-refractivity contribution in [2.24, 2.45) is 5.92 Å². The molecule has 1 amide bonds. The van der Waals surface area contributed by atoms with Gasteiger partial charge in [0.15, 0.2) is 11.5 Å². The highest BCUT2D eigenvalue weighted by molar-refractivity contribution is 5.91. The number of hydrogen-bond donors (Lipinski definition) is 1. The maximum atomic E-state index is 11.7. The molecule has 0 bridgehead atoms. The lowest BCUT2D eigenvalue weighted by Crippen LogP contribution is -2.27. The molecule has 0 fully saturated rings. The van der Waals surface area contributed by atoms with Crippen LogP contribution in [0, 0.1) is 5.92 Å². The van der Waals surface area contributed by atoms with Gasteiger partial charge in [-0.2, -0.15) is 0 Å². The molecule has 0 saturated heterocycles. The third-order valence-electron chi connectivity index (χ3n) is 3.54. The van der Waals surface area contributed by atoms with E-state index in [9.17, 15) is 4.79 Å². The summed E-state index contributed by atoms with van der Waals surface area (Å²) in [6.07, 6.45) is 5.51. The van der Waals surface area contributed by atoms with Gasteiger partial charge in [0.25, 0.3) is 0 Å². The van der Waals surface area contributed by atoms with Crippen LogP contribution < -0.4 is 14.8 Å². The van der Waals surface area contributed by atoms with Crippen molar-refractivity contribution in [2.75, 3.05) is 13.3 Å². The number of carbonyl (C=O) groups is 1. The molecule has 4 heteroatoms. The van der Waals surface area contributed by atoms with Gasteiger partial charge in [-0.05, 0) is 29.7 Å². The van der Waals surface area contributed by atoms with Crippen LogP contribution in [0.5, 0.6) is 11.5 Å². The Morgan fingerprint density at radius 1 is 1.30 bits per heavy atom. The van der Waals surface area contributed by atoms with Crippen molar-refractivity contribution in [3.05, 3.63) is 29.8 Å². The molecule has 1 aliphatic rings. The molecule has 0 aromatic heterocycles. The Hall–Kier alpha value is -1.97. The van der Waals surface area contributed by atoms with Crippen LogP contribution >= 0.6 is 0 Å². The van der Waals surface area contributed by atoms with Crippen molar-refractivity contribution in [3.63, 3.8) is 0 Å². The lowest BCUT2D eigenvalue weighted by atomic mass is 10.0. The van der Waals surface area contributed by atoms with Crippen molar-refractivity contribution in [1.82, 2.24) is 5.32 Å². The zero-order valence-corrected chi connectivity index (χ0v) is 12.0. The third kappa shape index (κ3) is 3.76. The molecule has 0 aliphatic carbocycles. The summed E-state index contributed by atoms with van der Waals surface area (Å²) < 4.78 is 10.5. The fourth-order valence-corrected chi connectivity index (χ4v) is 2.07. The average molecular weight is 275 g/mol. The molecule has 0 radical (unpaired) electrons. The molecule has 1 aromatic carbocycles. The first-order valence-electron chi connectivity index (χ1n) is 7.08. The molecule has 2 rings (SSSR count). The van der Waals surface area contributed by atoms with Gasteiger partial charge in [-0.1, -0.05) is 32.8 Å². The summed E-state index contributed by atoms with van der Waals surface area (Å²) in [4.78, 5) is 11.7. The molecule has 0 unspecified atom stereocenters. The molecule has 4 nitrogen and oxygen atoms in total. The number of rotatable bonds is 6. The normalized spacial score (nSPS) is 13.2. The maximum Gasteiger partial charge on any atom is 0.244 e. The van der Waals surface area contributed by atoms with Gasteiger partial charge in [-0.3, -0.25) is 4.79 Å². The predicted octanol–water partition coefficient (Wildman–Crippen LogP) is 2.98. The Labute approximate surface area is 119 Å². The molecule has 0 saturated carbocycles. The molecule has 108 valence electrons. The van der Waals surface area contributed by atoms with Crippen molar-refractivity contribution < 1.29 is 14.3 Å². The largest absolute Gasteiger partial charge is 0.454 e. The van der Waals surface area contributed by atoms with Crippen LogP contribution in [0.2, 0.25) is 0 Å². The Kier molecular flexibility index (Phi) is 5.04. The van der Waals surface area contributed by atoms with Crippen molar-refractivity contribution in [2.45, 2.75) is 26.7 Å². The van der Waals surface area contributed by atoms with E-state index in [2.05, 4.69) is 19.2 Å². The predicted molar refractivity (Wildman–Crippen MR) is 78.7 cm³/mol. The topological polar surface area (TPSA) is 47.6 Å². The van der Waals surface area contributed by atoms with E-state index >= 15 is 0 Å². The van der Waals surface area contributed by atoms with Crippen LogP contribution in [-0.4, -0.2) is 19.2 Å². The highest BCUT2D eigenvalue weighted by Gasteiger charge is 2.12. The Bertz CT molecular complexity index is 492. The van der Waals surface area contributed by atoms with Gasteiger partial charge in [0, 0.05) is 12.6 Å². The number of nitrogens with one attached hydrogen (secondary N) is 1. The second-order valence-corrected chi connectivity index (χ2v) is 4.87. The summed E-state index contributed by atoms with van der Waals surface area (Å²) in [5.74, 6) is 1.97. The number of ether oxygens (including phenoxy) is 2. The fraction of sp³-hybridized carbons (Fsp3) is 0.438. The molecule has 1 heterocycles. The third-order valence-corrected chi connectivity index (χ3v) is 3.54. The van der Waals surface area contributed by atoms with Crippen LogP contribution in [0.3, 0.4) is 0 Å². The number of benzene rings is 1. The van der Waals surface area contributed by atoms with Gasteiger partial charge in [0.1, 0.15) is 0 Å². The van der Waals surface area contributed by atoms with Gasteiger partial charge in [0.2, 0.25) is 12.7 Å². The number of fused-ring (bicyclic) bond motifs is 1. The van der Waals surface area contributed by atoms with E-state index in [0.717, 1.165) is 36.4 Å². The summed E-state index contributed by atoms with van der Waals surface area (Å²) in [6, 6.07) is 5.62. The van der Waals surface area contributed by atoms with Crippen molar-refractivity contribution >= 4 is 12.0 Å². The zero-order chi connectivity index (χ0) is 14.4. The van der Waals surface area contributed by atoms with E-state index in [4.69, 9.17) is 9.47 Å². The molecular weight excluding hydrogens is 254 g/mol. The van der Waals surface area contributed by atoms with Crippen molar-refractivity contribution in [3.8, 4) is 11.5 Å². The number of carbonyl (C=O) groups excluding carboxylic acids is 1. The Balaban J connectivity index is 1.87. The standard InChI is InChI=1S/C16H21NO3/c1-3-12(4-2)10-17-16(18)8-6-13-5-7-14-15(9-13)20-11-19-14/h5-9,12H,3-4,10-11H2,1-2H3,(H,17,18)/b8-6+. The van der Waals surface area contributed by atoms with Crippen molar-refractivity contribution in [1.29, 1.82) is 0 Å². The molecule has 20 heavy (non-hydrogen) atoms. The van der Waals surface area contributed by atoms with E-state index in [1.165, 1.54) is 0 Å². The molecule has 1 aromatic rings. The van der Waals surface area contributed by atoms with Gasteiger partial charge in [0.05, 0.1) is 0 Å². The van der Waals surface area contributed by atoms with E-state index in [1.807, 2.05) is 18.2 Å². The van der Waals surface area contributed by atoms with E-state index < -0.39 is 0 Å². The van der Waals surface area contributed by atoms with Crippen LogP contribution in [0.4, 0.5) is 0 Å². The van der Waals surface area contributed by atoms with Crippen LogP contribution in [-0.2, 0) is 4.79 Å². The first kappa shape index (κ1) is 14.4. The van der Waals surface area contributed by atoms with E-state index in [-0.39, 0.29) is 12.7 Å². The summed E-state index contributed by atoms with van der Waals surface area (Å²) >= 11 is 0. The van der Waals surface area contributed by atoms with Gasteiger partial charge < -0.3 is 14.8 Å². The molecular formula is C16H21NO3. The first-order chi connectivity index (χ1) is 9.72. The number of hydrogen-bond acceptors (Lipinski definition) is 3. The second kappa shape index (κ2) is 6.98. The highest BCUT2D eigenvalue weighted by Crippen LogP contribution is 2.32. The fourth-order valence-electron chi connectivity index (χ4n) is 2.07. The Morgan fingerprint density at radius 2 is 2.05 bits per heavy atom. The minimum atomic E-state index is -0.0606. The highest BCUT2D eigenvalue weighted by atomic mass is 16.7. The van der Waals surface area contributed by atoms with Gasteiger partial charge in [-0.15, -0.1) is 0 Å². The lowest BCUT2D eigenvalue weighted by molar-refractivity contribution is -0.116. The van der Waals surface area contributed by atoms with Gasteiger partial charge >= 0.3 is 0 Å². The molecule has 0 atom stereocenters. The average Bonchev–Trinajstić information content (AvgIpc) is 2.93. The minimum absolute atomic E-state index is 0.0606. The number of amides is 1. The summed E-state index contributed by atoms with van der Waals surface area (Å²) in [6.45, 7) is 5.28. The quantitative estimate of drug-likeness (QED) is 0.812. The van der Waals surface area contributed by atoms with E-state index in [1.54, 1.807) is 12.2 Å². The van der Waals surface area contributed by atoms with Gasteiger partial charge in [-0.25, -0.2) is 0 Å².